The van der Waals surface area contributed by atoms with Gasteiger partial charge in [-0.2, -0.15) is 5.10 Å². The molecule has 0 saturated carbocycles. The zero-order valence-corrected chi connectivity index (χ0v) is 12.0. The first-order chi connectivity index (χ1) is 9.77. The molecule has 1 atom stereocenters. The van der Waals surface area contributed by atoms with Gasteiger partial charge in [-0.15, -0.1) is 0 Å². The first-order valence-corrected chi connectivity index (χ1v) is 7.12. The highest BCUT2D eigenvalue weighted by Crippen LogP contribution is 2.24. The molecule has 1 N–H and O–H groups in total. The number of hydrogen-bond acceptors (Lipinski definition) is 3. The molecule has 0 fully saturated rings. The van der Waals surface area contributed by atoms with Crippen LogP contribution in [-0.2, 0) is 6.54 Å². The molecule has 0 aliphatic heterocycles. The van der Waals surface area contributed by atoms with Crippen LogP contribution in [0.4, 0.5) is 4.39 Å². The van der Waals surface area contributed by atoms with Crippen LogP contribution in [0.1, 0.15) is 44.0 Å². The Labute approximate surface area is 119 Å². The van der Waals surface area contributed by atoms with Gasteiger partial charge < -0.3 is 5.32 Å². The molecule has 2 aromatic heterocycles. The van der Waals surface area contributed by atoms with Crippen molar-refractivity contribution in [2.45, 2.75) is 39.3 Å². The van der Waals surface area contributed by atoms with Crippen LogP contribution in [0, 0.1) is 5.82 Å². The Morgan fingerprint density at radius 3 is 2.80 bits per heavy atom. The summed E-state index contributed by atoms with van der Waals surface area (Å²) in [5.41, 5.74) is 1.61. The Morgan fingerprint density at radius 2 is 2.10 bits per heavy atom. The number of nitrogens with one attached hydrogen (secondary N) is 1. The molecule has 0 amide bonds. The summed E-state index contributed by atoms with van der Waals surface area (Å²) in [7, 11) is 0. The number of rotatable bonds is 7. The lowest BCUT2D eigenvalue weighted by atomic mass is 10.0. The van der Waals surface area contributed by atoms with Crippen LogP contribution in [0.5, 0.6) is 0 Å². The van der Waals surface area contributed by atoms with Crippen molar-refractivity contribution in [2.75, 3.05) is 6.54 Å². The van der Waals surface area contributed by atoms with E-state index >= 15 is 0 Å². The van der Waals surface area contributed by atoms with Crippen molar-refractivity contribution < 1.29 is 4.39 Å². The zero-order chi connectivity index (χ0) is 14.4. The minimum atomic E-state index is -0.287. The molecule has 2 aromatic rings. The molecule has 0 bridgehead atoms. The average Bonchev–Trinajstić information content (AvgIpc) is 2.90. The molecule has 0 aliphatic carbocycles. The number of halogens is 1. The summed E-state index contributed by atoms with van der Waals surface area (Å²) in [6, 6.07) is 3.49. The molecule has 0 aliphatic rings. The second kappa shape index (κ2) is 7.14. The monoisotopic (exact) mass is 276 g/mol. The molecule has 0 saturated heterocycles. The van der Waals surface area contributed by atoms with E-state index in [-0.39, 0.29) is 11.9 Å². The van der Waals surface area contributed by atoms with Crippen LogP contribution in [-0.4, -0.2) is 21.3 Å². The summed E-state index contributed by atoms with van der Waals surface area (Å²) in [6.45, 7) is 5.85. The maximum atomic E-state index is 14.0. The number of aromatic nitrogens is 3. The molecule has 0 aromatic carbocycles. The molecule has 1 unspecified atom stereocenters. The standard InChI is InChI=1S/C15H21FN4/c1-3-7-18-15(12-5-8-17-11-13(12)16)14-6-9-19-20(14)10-4-2/h5-6,8-9,11,15,18H,3-4,7,10H2,1-2H3. The van der Waals surface area contributed by atoms with Gasteiger partial charge in [0.1, 0.15) is 5.82 Å². The minimum Gasteiger partial charge on any atom is -0.305 e. The van der Waals surface area contributed by atoms with Gasteiger partial charge in [0.15, 0.2) is 0 Å². The van der Waals surface area contributed by atoms with Crippen molar-refractivity contribution in [1.29, 1.82) is 0 Å². The van der Waals surface area contributed by atoms with Gasteiger partial charge in [-0.05, 0) is 31.5 Å². The van der Waals surface area contributed by atoms with E-state index in [2.05, 4.69) is 29.2 Å². The second-order valence-electron chi connectivity index (χ2n) is 4.76. The van der Waals surface area contributed by atoms with Gasteiger partial charge in [-0.3, -0.25) is 9.67 Å². The second-order valence-corrected chi connectivity index (χ2v) is 4.76. The van der Waals surface area contributed by atoms with E-state index in [9.17, 15) is 4.39 Å². The first-order valence-electron chi connectivity index (χ1n) is 7.12. The lowest BCUT2D eigenvalue weighted by Gasteiger charge is -2.20. The van der Waals surface area contributed by atoms with Crippen LogP contribution in [0.15, 0.2) is 30.7 Å². The normalized spacial score (nSPS) is 12.6. The Balaban J connectivity index is 2.37. The molecule has 20 heavy (non-hydrogen) atoms. The molecule has 5 heteroatoms. The van der Waals surface area contributed by atoms with Crippen LogP contribution >= 0.6 is 0 Å². The fourth-order valence-corrected chi connectivity index (χ4v) is 2.27. The van der Waals surface area contributed by atoms with Crippen molar-refractivity contribution in [3.8, 4) is 0 Å². The van der Waals surface area contributed by atoms with Crippen molar-refractivity contribution in [1.82, 2.24) is 20.1 Å². The predicted octanol–water partition coefficient (Wildman–Crippen LogP) is 2.92. The summed E-state index contributed by atoms with van der Waals surface area (Å²) < 4.78 is 16.0. The predicted molar refractivity (Wildman–Crippen MR) is 76.8 cm³/mol. The Bertz CT molecular complexity index is 538. The highest BCUT2D eigenvalue weighted by atomic mass is 19.1. The maximum Gasteiger partial charge on any atom is 0.146 e. The van der Waals surface area contributed by atoms with Crippen molar-refractivity contribution >= 4 is 0 Å². The summed E-state index contributed by atoms with van der Waals surface area (Å²) in [5, 5.41) is 7.73. The van der Waals surface area contributed by atoms with Crippen molar-refractivity contribution in [3.63, 3.8) is 0 Å². The molecule has 2 rings (SSSR count). The van der Waals surface area contributed by atoms with E-state index in [4.69, 9.17) is 0 Å². The summed E-state index contributed by atoms with van der Waals surface area (Å²) in [5.74, 6) is -0.287. The third-order valence-electron chi connectivity index (χ3n) is 3.19. The van der Waals surface area contributed by atoms with Crippen LogP contribution in [0.25, 0.3) is 0 Å². The van der Waals surface area contributed by atoms with E-state index in [1.165, 1.54) is 6.20 Å². The summed E-state index contributed by atoms with van der Waals surface area (Å²) in [6.07, 6.45) is 6.64. The highest BCUT2D eigenvalue weighted by Gasteiger charge is 2.20. The van der Waals surface area contributed by atoms with Gasteiger partial charge in [0.05, 0.1) is 17.9 Å². The largest absolute Gasteiger partial charge is 0.305 e. The van der Waals surface area contributed by atoms with E-state index in [1.807, 2.05) is 10.7 Å². The average molecular weight is 276 g/mol. The van der Waals surface area contributed by atoms with Crippen molar-refractivity contribution in [2.24, 2.45) is 0 Å². The van der Waals surface area contributed by atoms with E-state index < -0.39 is 0 Å². The summed E-state index contributed by atoms with van der Waals surface area (Å²) >= 11 is 0. The SMILES string of the molecule is CCCNC(c1ccncc1F)c1ccnn1CCC. The molecular weight excluding hydrogens is 255 g/mol. The molecule has 0 spiro atoms. The Morgan fingerprint density at radius 1 is 1.25 bits per heavy atom. The van der Waals surface area contributed by atoms with Crippen LogP contribution in [0.3, 0.4) is 0 Å². The highest BCUT2D eigenvalue weighted by molar-refractivity contribution is 5.27. The molecule has 4 nitrogen and oxygen atoms in total. The minimum absolute atomic E-state index is 0.188. The quantitative estimate of drug-likeness (QED) is 0.845. The topological polar surface area (TPSA) is 42.7 Å². The van der Waals surface area contributed by atoms with Crippen molar-refractivity contribution in [3.05, 3.63) is 47.8 Å². The first kappa shape index (κ1) is 14.7. The van der Waals surface area contributed by atoms with E-state index in [0.29, 0.717) is 5.56 Å². The lowest BCUT2D eigenvalue weighted by Crippen LogP contribution is -2.26. The Hall–Kier alpha value is -1.75. The zero-order valence-electron chi connectivity index (χ0n) is 12.0. The molecule has 2 heterocycles. The Kier molecular flexibility index (Phi) is 5.24. The molecular formula is C15H21FN4. The number of nitrogens with zero attached hydrogens (tertiary/aromatic N) is 3. The maximum absolute atomic E-state index is 14.0. The van der Waals surface area contributed by atoms with Gasteiger partial charge in [-0.25, -0.2) is 4.39 Å². The van der Waals surface area contributed by atoms with Gasteiger partial charge in [-0.1, -0.05) is 13.8 Å². The lowest BCUT2D eigenvalue weighted by molar-refractivity contribution is 0.492. The van der Waals surface area contributed by atoms with Crippen LogP contribution in [0.2, 0.25) is 0 Å². The van der Waals surface area contributed by atoms with E-state index in [1.54, 1.807) is 18.5 Å². The fourth-order valence-electron chi connectivity index (χ4n) is 2.27. The van der Waals surface area contributed by atoms with Gasteiger partial charge in [0.2, 0.25) is 0 Å². The third-order valence-corrected chi connectivity index (χ3v) is 3.19. The third kappa shape index (κ3) is 3.22. The summed E-state index contributed by atoms with van der Waals surface area (Å²) in [4.78, 5) is 3.82. The van der Waals surface area contributed by atoms with Gasteiger partial charge >= 0.3 is 0 Å². The van der Waals surface area contributed by atoms with Crippen LogP contribution < -0.4 is 5.32 Å². The number of hydrogen-bond donors (Lipinski definition) is 1. The smallest absolute Gasteiger partial charge is 0.146 e. The number of pyridine rings is 1. The molecule has 0 radical (unpaired) electrons. The fraction of sp³-hybridized carbons (Fsp3) is 0.467. The number of aryl methyl sites for hydroxylation is 1. The van der Waals surface area contributed by atoms with E-state index in [0.717, 1.165) is 31.6 Å². The van der Waals surface area contributed by atoms with Gasteiger partial charge in [0, 0.05) is 24.5 Å². The molecule has 108 valence electrons. The van der Waals surface area contributed by atoms with Gasteiger partial charge in [0.25, 0.3) is 0 Å².